The highest BCUT2D eigenvalue weighted by atomic mass is 16.3. The van der Waals surface area contributed by atoms with E-state index in [-0.39, 0.29) is 30.1 Å². The van der Waals surface area contributed by atoms with E-state index >= 15 is 0 Å². The molecule has 2 aromatic heterocycles. The molecule has 0 saturated carbocycles. The fraction of sp³-hybridized carbons (Fsp3) is 0.522. The van der Waals surface area contributed by atoms with Crippen LogP contribution in [0.25, 0.3) is 0 Å². The van der Waals surface area contributed by atoms with E-state index in [1.54, 1.807) is 19.2 Å². The van der Waals surface area contributed by atoms with E-state index in [4.69, 9.17) is 0 Å². The Kier molecular flexibility index (Phi) is 7.46. The minimum absolute atomic E-state index is 0.0957. The van der Waals surface area contributed by atoms with Gasteiger partial charge in [-0.05, 0) is 30.9 Å². The predicted octanol–water partition coefficient (Wildman–Crippen LogP) is 0.443. The molecule has 10 heteroatoms. The maximum absolute atomic E-state index is 12.6. The van der Waals surface area contributed by atoms with E-state index in [1.165, 1.54) is 11.9 Å². The summed E-state index contributed by atoms with van der Waals surface area (Å²) in [5, 5.41) is 16.5. The van der Waals surface area contributed by atoms with Gasteiger partial charge in [-0.25, -0.2) is 9.97 Å². The molecule has 2 aliphatic heterocycles. The van der Waals surface area contributed by atoms with Crippen LogP contribution in [0.5, 0.6) is 0 Å². The van der Waals surface area contributed by atoms with Gasteiger partial charge in [0.25, 0.3) is 5.91 Å². The smallest absolute Gasteiger partial charge is 0.270 e. The molecule has 2 aliphatic rings. The van der Waals surface area contributed by atoms with Gasteiger partial charge in [0.15, 0.2) is 0 Å². The molecule has 4 heterocycles. The molecule has 10 nitrogen and oxygen atoms in total. The molecule has 1 atom stereocenters. The van der Waals surface area contributed by atoms with Gasteiger partial charge in [0.2, 0.25) is 5.91 Å². The van der Waals surface area contributed by atoms with E-state index in [1.807, 2.05) is 11.0 Å². The Bertz CT molecular complexity index is 978. The number of carbonyl (C=O) groups excluding carboxylic acids is 2. The van der Waals surface area contributed by atoms with E-state index in [0.717, 1.165) is 31.5 Å². The van der Waals surface area contributed by atoms with Crippen molar-refractivity contribution in [3.8, 4) is 0 Å². The summed E-state index contributed by atoms with van der Waals surface area (Å²) in [7, 11) is 0. The van der Waals surface area contributed by atoms with Crippen molar-refractivity contribution in [2.24, 2.45) is 0 Å². The molecule has 2 aromatic rings. The molecule has 0 bridgehead atoms. The minimum atomic E-state index is -0.690. The third-order valence-electron chi connectivity index (χ3n) is 6.21. The van der Waals surface area contributed by atoms with Crippen LogP contribution < -0.4 is 10.6 Å². The highest BCUT2D eigenvalue weighted by molar-refractivity contribution is 5.92. The quantitative estimate of drug-likeness (QED) is 0.552. The molecule has 0 aliphatic carbocycles. The van der Waals surface area contributed by atoms with Crippen LogP contribution in [0, 0.1) is 0 Å². The zero-order valence-corrected chi connectivity index (χ0v) is 18.9. The number of amides is 2. The first-order valence-electron chi connectivity index (χ1n) is 11.4. The number of nitrogens with one attached hydrogen (secondary N) is 2. The van der Waals surface area contributed by atoms with Crippen molar-refractivity contribution in [2.75, 3.05) is 38.0 Å². The van der Waals surface area contributed by atoms with Gasteiger partial charge in [-0.3, -0.25) is 19.5 Å². The number of aliphatic hydroxyl groups is 1. The maximum Gasteiger partial charge on any atom is 0.270 e. The monoisotopic (exact) mass is 453 g/mol. The zero-order chi connectivity index (χ0) is 23.2. The summed E-state index contributed by atoms with van der Waals surface area (Å²) in [4.78, 5) is 40.7. The fourth-order valence-electron chi connectivity index (χ4n) is 4.34. The van der Waals surface area contributed by atoms with Gasteiger partial charge >= 0.3 is 0 Å². The number of aliphatic hydroxyl groups excluding tert-OH is 1. The Labute approximate surface area is 193 Å². The molecule has 4 rings (SSSR count). The normalized spacial score (nSPS) is 17.8. The van der Waals surface area contributed by atoms with Crippen LogP contribution in [-0.4, -0.2) is 86.5 Å². The van der Waals surface area contributed by atoms with Crippen molar-refractivity contribution in [3.63, 3.8) is 0 Å². The third-order valence-corrected chi connectivity index (χ3v) is 6.21. The largest absolute Gasteiger partial charge is 0.390 e. The number of β-amino-alcohol motifs (C(OH)–C–C–N with tert-alkyl or cyclic N) is 1. The maximum atomic E-state index is 12.6. The summed E-state index contributed by atoms with van der Waals surface area (Å²) in [6.07, 6.45) is 5.02. The van der Waals surface area contributed by atoms with Crippen molar-refractivity contribution < 1.29 is 14.7 Å². The van der Waals surface area contributed by atoms with Gasteiger partial charge in [0, 0.05) is 64.5 Å². The number of nitrogens with zero attached hydrogens (tertiary/aromatic N) is 5. The van der Waals surface area contributed by atoms with Crippen LogP contribution >= 0.6 is 0 Å². The van der Waals surface area contributed by atoms with Crippen molar-refractivity contribution >= 4 is 17.6 Å². The van der Waals surface area contributed by atoms with Gasteiger partial charge in [-0.1, -0.05) is 6.07 Å². The van der Waals surface area contributed by atoms with Crippen molar-refractivity contribution in [1.29, 1.82) is 0 Å². The molecule has 0 spiro atoms. The summed E-state index contributed by atoms with van der Waals surface area (Å²) in [6.45, 7) is 5.17. The Hall–Kier alpha value is -3.11. The number of fused-ring (bicyclic) bond motifs is 1. The first kappa shape index (κ1) is 23.1. The van der Waals surface area contributed by atoms with Crippen molar-refractivity contribution in [2.45, 2.75) is 44.9 Å². The van der Waals surface area contributed by atoms with Crippen molar-refractivity contribution in [1.82, 2.24) is 30.1 Å². The number of piperidine rings is 1. The summed E-state index contributed by atoms with van der Waals surface area (Å²) in [5.41, 5.74) is 2.55. The van der Waals surface area contributed by atoms with E-state index in [2.05, 4.69) is 36.6 Å². The number of likely N-dealkylation sites (tertiary alicyclic amines) is 1. The highest BCUT2D eigenvalue weighted by Gasteiger charge is 2.22. The van der Waals surface area contributed by atoms with Crippen LogP contribution in [0.1, 0.15) is 41.5 Å². The number of carbonyl (C=O) groups is 2. The standard InChI is InChI=1S/C23H31N7O3/c1-16(31)30-9-5-18(6-10-30)28-22-11-20(26-15-27-22)23(33)25-12-19(32)13-29-8-4-17-3-2-7-24-21(17)14-29/h2-3,7,11,15,18-19,32H,4-6,8-10,12-14H2,1H3,(H,25,33)(H,26,27,28)/t19-/m0/s1. The molecular weight excluding hydrogens is 422 g/mol. The molecule has 2 amide bonds. The molecule has 1 fully saturated rings. The first-order valence-corrected chi connectivity index (χ1v) is 11.4. The van der Waals surface area contributed by atoms with Gasteiger partial charge in [-0.2, -0.15) is 0 Å². The van der Waals surface area contributed by atoms with Crippen LogP contribution in [0.15, 0.2) is 30.7 Å². The summed E-state index contributed by atoms with van der Waals surface area (Å²) < 4.78 is 0. The molecule has 176 valence electrons. The average molecular weight is 454 g/mol. The minimum Gasteiger partial charge on any atom is -0.390 e. The lowest BCUT2D eigenvalue weighted by atomic mass is 10.0. The number of rotatable bonds is 7. The van der Waals surface area contributed by atoms with Crippen LogP contribution in [-0.2, 0) is 17.8 Å². The van der Waals surface area contributed by atoms with Crippen LogP contribution in [0.4, 0.5) is 5.82 Å². The summed E-state index contributed by atoms with van der Waals surface area (Å²) in [5.74, 6) is 0.325. The Morgan fingerprint density at radius 3 is 2.82 bits per heavy atom. The lowest BCUT2D eigenvalue weighted by Gasteiger charge is -2.31. The molecule has 3 N–H and O–H groups in total. The van der Waals surface area contributed by atoms with Gasteiger partial charge in [-0.15, -0.1) is 0 Å². The number of hydrogen-bond donors (Lipinski definition) is 3. The van der Waals surface area contributed by atoms with Crippen LogP contribution in [0.3, 0.4) is 0 Å². The fourth-order valence-corrected chi connectivity index (χ4v) is 4.34. The van der Waals surface area contributed by atoms with E-state index < -0.39 is 6.10 Å². The molecule has 0 radical (unpaired) electrons. The number of anilines is 1. The molecule has 0 aromatic carbocycles. The second-order valence-electron chi connectivity index (χ2n) is 8.67. The van der Waals surface area contributed by atoms with Crippen molar-refractivity contribution in [3.05, 3.63) is 47.7 Å². The molecule has 1 saturated heterocycles. The van der Waals surface area contributed by atoms with Gasteiger partial charge in [0.1, 0.15) is 17.8 Å². The summed E-state index contributed by atoms with van der Waals surface area (Å²) in [6, 6.07) is 5.85. The SMILES string of the molecule is CC(=O)N1CCC(Nc2cc(C(=O)NC[C@H](O)CN3CCc4cccnc4C3)ncn2)CC1. The Morgan fingerprint density at radius 2 is 2.03 bits per heavy atom. The first-order chi connectivity index (χ1) is 16.0. The number of pyridine rings is 1. The lowest BCUT2D eigenvalue weighted by molar-refractivity contribution is -0.129. The average Bonchev–Trinajstić information content (AvgIpc) is 2.83. The second-order valence-corrected chi connectivity index (χ2v) is 8.67. The number of hydrogen-bond acceptors (Lipinski definition) is 8. The molecular formula is C23H31N7O3. The number of aromatic nitrogens is 3. The van der Waals surface area contributed by atoms with Gasteiger partial charge < -0.3 is 20.6 Å². The lowest BCUT2D eigenvalue weighted by Crippen LogP contribution is -2.42. The predicted molar refractivity (Wildman–Crippen MR) is 122 cm³/mol. The van der Waals surface area contributed by atoms with E-state index in [9.17, 15) is 14.7 Å². The topological polar surface area (TPSA) is 124 Å². The Balaban J connectivity index is 1.23. The second kappa shape index (κ2) is 10.7. The summed E-state index contributed by atoms with van der Waals surface area (Å²) >= 11 is 0. The molecule has 0 unspecified atom stereocenters. The van der Waals surface area contributed by atoms with Gasteiger partial charge in [0.05, 0.1) is 11.8 Å². The Morgan fingerprint density at radius 1 is 1.21 bits per heavy atom. The van der Waals surface area contributed by atoms with Crippen LogP contribution in [0.2, 0.25) is 0 Å². The van der Waals surface area contributed by atoms with E-state index in [0.29, 0.717) is 32.0 Å². The third kappa shape index (κ3) is 6.23. The highest BCUT2D eigenvalue weighted by Crippen LogP contribution is 2.17. The zero-order valence-electron chi connectivity index (χ0n) is 18.9. The molecule has 33 heavy (non-hydrogen) atoms.